The largest absolute Gasteiger partial charge is 0.507 e. The average Bonchev–Trinajstić information content (AvgIpc) is 2.39. The second kappa shape index (κ2) is 6.44. The molecule has 1 N–H and O–H groups in total. The second-order valence-corrected chi connectivity index (χ2v) is 5.00. The summed E-state index contributed by atoms with van der Waals surface area (Å²) in [7, 11) is 0. The van der Waals surface area contributed by atoms with Crippen molar-refractivity contribution < 1.29 is 5.11 Å². The van der Waals surface area contributed by atoms with Crippen LogP contribution in [-0.2, 0) is 6.42 Å². The van der Waals surface area contributed by atoms with Gasteiger partial charge in [-0.15, -0.1) is 0 Å². The molecule has 0 aliphatic carbocycles. The van der Waals surface area contributed by atoms with Gasteiger partial charge in [0.25, 0.3) is 0 Å². The number of hydrogen-bond donors (Lipinski definition) is 1. The first kappa shape index (κ1) is 12.9. The fourth-order valence-corrected chi connectivity index (χ4v) is 2.43. The maximum Gasteiger partial charge on any atom is 0.123 e. The van der Waals surface area contributed by atoms with E-state index in [0.717, 1.165) is 17.2 Å². The molecule has 0 aliphatic heterocycles. The molecule has 0 aliphatic rings. The maximum absolute atomic E-state index is 9.99. The number of phenolic OH excluding ortho intramolecular Hbond substituents is 1. The lowest BCUT2D eigenvalue weighted by molar-refractivity contribution is 0.480. The summed E-state index contributed by atoms with van der Waals surface area (Å²) in [5.74, 6) is 0.414. The third-order valence-corrected chi connectivity index (χ3v) is 3.47. The summed E-state index contributed by atoms with van der Waals surface area (Å²) >= 11 is 0. The Morgan fingerprint density at radius 2 is 1.72 bits per heavy atom. The van der Waals surface area contributed by atoms with Crippen LogP contribution in [-0.4, -0.2) is 5.11 Å². The van der Waals surface area contributed by atoms with Crippen molar-refractivity contribution in [2.45, 2.75) is 45.4 Å². The van der Waals surface area contributed by atoms with Gasteiger partial charge in [-0.2, -0.15) is 0 Å². The second-order valence-electron chi connectivity index (χ2n) is 5.00. The first-order chi connectivity index (χ1) is 8.81. The van der Waals surface area contributed by atoms with Crippen LogP contribution in [0.5, 0.6) is 5.75 Å². The third kappa shape index (κ3) is 3.25. The van der Waals surface area contributed by atoms with Crippen molar-refractivity contribution in [3.05, 3.63) is 42.0 Å². The first-order valence-electron chi connectivity index (χ1n) is 7.02. The molecule has 1 heteroatoms. The first-order valence-corrected chi connectivity index (χ1v) is 7.02. The quantitative estimate of drug-likeness (QED) is 0.702. The highest BCUT2D eigenvalue weighted by Gasteiger charge is 2.02. The molecule has 0 spiro atoms. The van der Waals surface area contributed by atoms with E-state index in [4.69, 9.17) is 0 Å². The predicted molar refractivity (Wildman–Crippen MR) is 78.1 cm³/mol. The molecule has 0 saturated heterocycles. The van der Waals surface area contributed by atoms with E-state index in [1.165, 1.54) is 37.7 Å². The van der Waals surface area contributed by atoms with Gasteiger partial charge in [0.05, 0.1) is 0 Å². The average molecular weight is 242 g/mol. The summed E-state index contributed by atoms with van der Waals surface area (Å²) in [5.41, 5.74) is 1.25. The van der Waals surface area contributed by atoms with Crippen molar-refractivity contribution in [3.63, 3.8) is 0 Å². The standard InChI is InChI=1S/C17H22O/c1-2-3-4-5-6-9-14-12-15-10-7-8-11-16(15)17(18)13-14/h7-8,10-13,18H,2-6,9H2,1H3. The van der Waals surface area contributed by atoms with Gasteiger partial charge in [-0.3, -0.25) is 0 Å². The highest BCUT2D eigenvalue weighted by Crippen LogP contribution is 2.27. The summed E-state index contributed by atoms with van der Waals surface area (Å²) in [6.45, 7) is 2.24. The molecule has 0 aromatic heterocycles. The molecule has 1 nitrogen and oxygen atoms in total. The van der Waals surface area contributed by atoms with Crippen LogP contribution in [0.3, 0.4) is 0 Å². The molecule has 18 heavy (non-hydrogen) atoms. The molecule has 0 fully saturated rings. The summed E-state index contributed by atoms with van der Waals surface area (Å²) < 4.78 is 0. The summed E-state index contributed by atoms with van der Waals surface area (Å²) in [4.78, 5) is 0. The lowest BCUT2D eigenvalue weighted by Crippen LogP contribution is -1.87. The van der Waals surface area contributed by atoms with E-state index in [2.05, 4.69) is 19.1 Å². The van der Waals surface area contributed by atoms with Gasteiger partial charge in [0.2, 0.25) is 0 Å². The van der Waals surface area contributed by atoms with Gasteiger partial charge in [-0.1, -0.05) is 62.9 Å². The zero-order valence-corrected chi connectivity index (χ0v) is 11.2. The van der Waals surface area contributed by atoms with Gasteiger partial charge in [-0.05, 0) is 29.9 Å². The Hall–Kier alpha value is -1.50. The molecule has 0 heterocycles. The van der Waals surface area contributed by atoms with Crippen LogP contribution in [0.15, 0.2) is 36.4 Å². The van der Waals surface area contributed by atoms with Crippen molar-refractivity contribution in [3.8, 4) is 5.75 Å². The smallest absolute Gasteiger partial charge is 0.123 e. The van der Waals surface area contributed by atoms with Crippen molar-refractivity contribution in [2.24, 2.45) is 0 Å². The Bertz CT molecular complexity index is 502. The maximum atomic E-state index is 9.99. The van der Waals surface area contributed by atoms with E-state index in [1.54, 1.807) is 0 Å². The molecule has 0 amide bonds. The van der Waals surface area contributed by atoms with E-state index in [-0.39, 0.29) is 0 Å². The van der Waals surface area contributed by atoms with E-state index in [0.29, 0.717) is 5.75 Å². The van der Waals surface area contributed by atoms with Gasteiger partial charge < -0.3 is 5.11 Å². The van der Waals surface area contributed by atoms with Gasteiger partial charge in [0, 0.05) is 5.39 Å². The van der Waals surface area contributed by atoms with Crippen molar-refractivity contribution >= 4 is 10.8 Å². The summed E-state index contributed by atoms with van der Waals surface area (Å²) in [5, 5.41) is 12.1. The molecule has 0 saturated carbocycles. The van der Waals surface area contributed by atoms with E-state index >= 15 is 0 Å². The number of unbranched alkanes of at least 4 members (excludes halogenated alkanes) is 4. The monoisotopic (exact) mass is 242 g/mol. The van der Waals surface area contributed by atoms with Crippen LogP contribution in [0.2, 0.25) is 0 Å². The Kier molecular flexibility index (Phi) is 4.63. The van der Waals surface area contributed by atoms with Crippen LogP contribution in [0, 0.1) is 0 Å². The Morgan fingerprint density at radius 1 is 0.944 bits per heavy atom. The van der Waals surface area contributed by atoms with Gasteiger partial charge in [-0.25, -0.2) is 0 Å². The molecule has 2 aromatic carbocycles. The Balaban J connectivity index is 2.01. The molecule has 0 bridgehead atoms. The Labute approximate surface area is 109 Å². The zero-order chi connectivity index (χ0) is 12.8. The molecule has 0 radical (unpaired) electrons. The highest BCUT2D eigenvalue weighted by atomic mass is 16.3. The van der Waals surface area contributed by atoms with Crippen molar-refractivity contribution in [1.29, 1.82) is 0 Å². The predicted octanol–water partition coefficient (Wildman–Crippen LogP) is 5.06. The normalized spacial score (nSPS) is 10.9. The summed E-state index contributed by atoms with van der Waals surface area (Å²) in [6, 6.07) is 12.1. The van der Waals surface area contributed by atoms with E-state index in [9.17, 15) is 5.11 Å². The lowest BCUT2D eigenvalue weighted by atomic mass is 10.0. The number of hydrogen-bond acceptors (Lipinski definition) is 1. The van der Waals surface area contributed by atoms with Crippen LogP contribution in [0.25, 0.3) is 10.8 Å². The van der Waals surface area contributed by atoms with Gasteiger partial charge in [0.1, 0.15) is 5.75 Å². The number of phenols is 1. The molecule has 0 unspecified atom stereocenters. The topological polar surface area (TPSA) is 20.2 Å². The Morgan fingerprint density at radius 3 is 2.56 bits per heavy atom. The fraction of sp³-hybridized carbons (Fsp3) is 0.412. The lowest BCUT2D eigenvalue weighted by Gasteiger charge is -2.06. The van der Waals surface area contributed by atoms with Crippen molar-refractivity contribution in [2.75, 3.05) is 0 Å². The molecule has 0 atom stereocenters. The van der Waals surface area contributed by atoms with Crippen LogP contribution in [0.4, 0.5) is 0 Å². The van der Waals surface area contributed by atoms with Gasteiger partial charge >= 0.3 is 0 Å². The van der Waals surface area contributed by atoms with E-state index < -0.39 is 0 Å². The summed E-state index contributed by atoms with van der Waals surface area (Å²) in [6.07, 6.45) is 7.54. The number of rotatable bonds is 6. The van der Waals surface area contributed by atoms with E-state index in [1.807, 2.05) is 24.3 Å². The number of aromatic hydroxyl groups is 1. The molecular weight excluding hydrogens is 220 g/mol. The van der Waals surface area contributed by atoms with Crippen LogP contribution in [0.1, 0.15) is 44.6 Å². The minimum Gasteiger partial charge on any atom is -0.507 e. The molecule has 2 aromatic rings. The molecular formula is C17H22O. The van der Waals surface area contributed by atoms with Crippen LogP contribution < -0.4 is 0 Å². The minimum absolute atomic E-state index is 0.414. The number of benzene rings is 2. The third-order valence-electron chi connectivity index (χ3n) is 3.47. The zero-order valence-electron chi connectivity index (χ0n) is 11.2. The number of aryl methyl sites for hydroxylation is 1. The van der Waals surface area contributed by atoms with Crippen molar-refractivity contribution in [1.82, 2.24) is 0 Å². The SMILES string of the molecule is CCCCCCCc1cc(O)c2ccccc2c1. The molecule has 96 valence electrons. The highest BCUT2D eigenvalue weighted by molar-refractivity contribution is 5.88. The fourth-order valence-electron chi connectivity index (χ4n) is 2.43. The van der Waals surface area contributed by atoms with Crippen LogP contribution >= 0.6 is 0 Å². The minimum atomic E-state index is 0.414. The molecule has 2 rings (SSSR count). The number of fused-ring (bicyclic) bond motifs is 1. The van der Waals surface area contributed by atoms with Gasteiger partial charge in [0.15, 0.2) is 0 Å².